The number of ether oxygens (including phenoxy) is 2. The molecule has 0 bridgehead atoms. The smallest absolute Gasteiger partial charge is 0.249 e. The Morgan fingerprint density at radius 1 is 0.453 bits per heavy atom. The molecule has 0 saturated carbocycles. The third-order valence-electron chi connectivity index (χ3n) is 15.4. The predicted molar refractivity (Wildman–Crippen MR) is 312 cm³/mol. The summed E-state index contributed by atoms with van der Waals surface area (Å²) in [6.07, 6.45) is 55.1. The van der Waals surface area contributed by atoms with Crippen LogP contribution in [0.4, 0.5) is 0 Å². The van der Waals surface area contributed by atoms with Crippen LogP contribution in [-0.2, 0) is 14.3 Å². The van der Waals surface area contributed by atoms with Crippen LogP contribution in [0.3, 0.4) is 0 Å². The summed E-state index contributed by atoms with van der Waals surface area (Å²) < 4.78 is 11.1. The number of unbranched alkanes of at least 4 members (excludes halogenated alkanes) is 37. The Morgan fingerprint density at radius 3 is 1.19 bits per heavy atom. The monoisotopic (exact) mass is 1060 g/mol. The molecule has 0 radical (unpaired) electrons. The lowest BCUT2D eigenvalue weighted by molar-refractivity contribution is -0.303. The van der Waals surface area contributed by atoms with Gasteiger partial charge in [-0.15, -0.1) is 0 Å². The van der Waals surface area contributed by atoms with Gasteiger partial charge in [0.15, 0.2) is 6.29 Å². The maximum Gasteiger partial charge on any atom is 0.249 e. The van der Waals surface area contributed by atoms with E-state index >= 15 is 0 Å². The van der Waals surface area contributed by atoms with E-state index in [2.05, 4.69) is 55.6 Å². The molecule has 1 aliphatic heterocycles. The highest BCUT2D eigenvalue weighted by molar-refractivity contribution is 5.80. The summed E-state index contributed by atoms with van der Waals surface area (Å²) in [5.41, 5.74) is 0. The Balaban J connectivity index is 2.21. The highest BCUT2D eigenvalue weighted by atomic mass is 16.7. The normalized spacial score (nSPS) is 19.9. The summed E-state index contributed by atoms with van der Waals surface area (Å²) in [5, 5.41) is 76.2. The van der Waals surface area contributed by atoms with E-state index < -0.39 is 74.2 Å². The Hall–Kier alpha value is -1.67. The number of rotatable bonds is 55. The summed E-state index contributed by atoms with van der Waals surface area (Å²) in [6.45, 7) is 3.46. The van der Waals surface area contributed by atoms with E-state index in [1.165, 1.54) is 212 Å². The molecule has 1 rings (SSSR count). The van der Waals surface area contributed by atoms with Crippen molar-refractivity contribution in [2.45, 2.75) is 351 Å². The molecule has 0 aromatic rings. The number of carbonyl (C=O) groups excluding carboxylic acids is 1. The zero-order valence-corrected chi connectivity index (χ0v) is 48.5. The summed E-state index contributed by atoms with van der Waals surface area (Å²) >= 11 is 0. The van der Waals surface area contributed by atoms with Crippen molar-refractivity contribution in [1.29, 1.82) is 0 Å². The van der Waals surface area contributed by atoms with Crippen LogP contribution in [0.25, 0.3) is 0 Å². The summed E-state index contributed by atoms with van der Waals surface area (Å²) in [7, 11) is 0. The molecule has 0 spiro atoms. The molecule has 0 aromatic heterocycles. The molecular formula is C64H121NO10. The van der Waals surface area contributed by atoms with Gasteiger partial charge in [-0.25, -0.2) is 0 Å². The Bertz CT molecular complexity index is 1310. The van der Waals surface area contributed by atoms with Gasteiger partial charge in [-0.3, -0.25) is 4.79 Å². The molecule has 0 aliphatic carbocycles. The third kappa shape index (κ3) is 41.1. The van der Waals surface area contributed by atoms with Crippen molar-refractivity contribution >= 4 is 5.91 Å². The van der Waals surface area contributed by atoms with Gasteiger partial charge in [-0.05, 0) is 77.0 Å². The average molecular weight is 1060 g/mol. The van der Waals surface area contributed by atoms with E-state index in [1.54, 1.807) is 0 Å². The molecule has 1 saturated heterocycles. The first-order valence-corrected chi connectivity index (χ1v) is 31.9. The molecule has 9 unspecified atom stereocenters. The van der Waals surface area contributed by atoms with Gasteiger partial charge in [0.2, 0.25) is 5.91 Å². The van der Waals surface area contributed by atoms with Gasteiger partial charge in [0.1, 0.15) is 36.6 Å². The molecule has 1 aliphatic rings. The lowest BCUT2D eigenvalue weighted by Gasteiger charge is -2.40. The van der Waals surface area contributed by atoms with E-state index in [0.717, 1.165) is 38.5 Å². The zero-order chi connectivity index (χ0) is 54.7. The lowest BCUT2D eigenvalue weighted by atomic mass is 9.98. The van der Waals surface area contributed by atoms with Crippen molar-refractivity contribution < 1.29 is 50.0 Å². The Morgan fingerprint density at radius 2 is 0.800 bits per heavy atom. The molecule has 9 atom stereocenters. The minimum Gasteiger partial charge on any atom is -0.394 e. The van der Waals surface area contributed by atoms with Gasteiger partial charge in [0, 0.05) is 0 Å². The maximum absolute atomic E-state index is 13.2. The number of hydrogen-bond acceptors (Lipinski definition) is 10. The molecule has 1 fully saturated rings. The van der Waals surface area contributed by atoms with Crippen molar-refractivity contribution in [3.8, 4) is 0 Å². The second-order valence-corrected chi connectivity index (χ2v) is 22.5. The van der Waals surface area contributed by atoms with E-state index in [0.29, 0.717) is 19.3 Å². The van der Waals surface area contributed by atoms with Crippen molar-refractivity contribution in [1.82, 2.24) is 5.32 Å². The first kappa shape index (κ1) is 71.3. The number of hydrogen-bond donors (Lipinski definition) is 8. The van der Waals surface area contributed by atoms with Gasteiger partial charge in [0.25, 0.3) is 0 Å². The van der Waals surface area contributed by atoms with E-state index in [4.69, 9.17) is 9.47 Å². The highest BCUT2D eigenvalue weighted by Gasteiger charge is 2.44. The Labute approximate surface area is 460 Å². The number of nitrogens with one attached hydrogen (secondary N) is 1. The molecule has 8 N–H and O–H groups in total. The van der Waals surface area contributed by atoms with Crippen LogP contribution in [-0.4, -0.2) is 110 Å². The minimum absolute atomic E-state index is 0.247. The number of aliphatic hydroxyl groups excluding tert-OH is 7. The third-order valence-corrected chi connectivity index (χ3v) is 15.4. The topological polar surface area (TPSA) is 189 Å². The van der Waals surface area contributed by atoms with Crippen LogP contribution in [0.15, 0.2) is 36.5 Å². The maximum atomic E-state index is 13.2. The van der Waals surface area contributed by atoms with Crippen LogP contribution in [0.5, 0.6) is 0 Å². The fraction of sp³-hybridized carbons (Fsp3) is 0.891. The molecule has 1 amide bonds. The van der Waals surface area contributed by atoms with Crippen molar-refractivity contribution in [2.24, 2.45) is 0 Å². The van der Waals surface area contributed by atoms with Crippen LogP contribution < -0.4 is 5.32 Å². The van der Waals surface area contributed by atoms with Crippen LogP contribution in [0, 0.1) is 0 Å². The number of carbonyl (C=O) groups is 1. The van der Waals surface area contributed by atoms with Crippen molar-refractivity contribution in [3.63, 3.8) is 0 Å². The lowest BCUT2D eigenvalue weighted by Crippen LogP contribution is -2.60. The number of amides is 1. The van der Waals surface area contributed by atoms with E-state index in [9.17, 15) is 40.5 Å². The van der Waals surface area contributed by atoms with Gasteiger partial charge in [0.05, 0.1) is 25.4 Å². The predicted octanol–water partition coefficient (Wildman–Crippen LogP) is 14.2. The molecule has 11 nitrogen and oxygen atoms in total. The van der Waals surface area contributed by atoms with Crippen LogP contribution in [0.2, 0.25) is 0 Å². The van der Waals surface area contributed by atoms with Crippen LogP contribution >= 0.6 is 0 Å². The summed E-state index contributed by atoms with van der Waals surface area (Å²) in [6, 6.07) is -1.19. The largest absolute Gasteiger partial charge is 0.394 e. The van der Waals surface area contributed by atoms with Gasteiger partial charge in [-0.2, -0.15) is 0 Å². The number of aliphatic hydroxyl groups is 7. The van der Waals surface area contributed by atoms with E-state index in [-0.39, 0.29) is 12.8 Å². The van der Waals surface area contributed by atoms with Gasteiger partial charge < -0.3 is 50.5 Å². The second kappa shape index (κ2) is 53.0. The van der Waals surface area contributed by atoms with Crippen LogP contribution in [0.1, 0.15) is 296 Å². The molecule has 1 heterocycles. The SMILES string of the molecule is CCCCCCCCC/C=C/CC/C=C/CCCC(O)C(O)C(COC1OC(CO)C(O)C(O)C1O)NC(=O)C(O)CCCCCCCCCCCCCCCCCC/C=C\CCCCCCCCCCCCCC. The Kier molecular flexibility index (Phi) is 50.4. The minimum atomic E-state index is -1.67. The van der Waals surface area contributed by atoms with Crippen molar-refractivity contribution in [3.05, 3.63) is 36.5 Å². The average Bonchev–Trinajstić information content (AvgIpc) is 3.41. The second-order valence-electron chi connectivity index (χ2n) is 22.5. The van der Waals surface area contributed by atoms with Gasteiger partial charge in [-0.1, -0.05) is 256 Å². The van der Waals surface area contributed by atoms with Gasteiger partial charge >= 0.3 is 0 Å². The quantitative estimate of drug-likeness (QED) is 0.0215. The summed E-state index contributed by atoms with van der Waals surface area (Å²) in [4.78, 5) is 13.2. The summed E-state index contributed by atoms with van der Waals surface area (Å²) in [5.74, 6) is -0.707. The fourth-order valence-corrected chi connectivity index (χ4v) is 10.2. The molecule has 75 heavy (non-hydrogen) atoms. The van der Waals surface area contributed by atoms with E-state index in [1.807, 2.05) is 0 Å². The first-order chi connectivity index (χ1) is 36.7. The zero-order valence-electron chi connectivity index (χ0n) is 48.5. The first-order valence-electron chi connectivity index (χ1n) is 31.9. The molecule has 0 aromatic carbocycles. The molecule has 442 valence electrons. The number of allylic oxidation sites excluding steroid dienone is 6. The molecular weight excluding hydrogens is 943 g/mol. The van der Waals surface area contributed by atoms with Crippen molar-refractivity contribution in [2.75, 3.05) is 13.2 Å². The standard InChI is InChI=1S/C64H121NO10/c1-3-5-7-9-11-13-15-17-19-21-22-23-24-25-26-27-28-29-30-31-32-33-34-35-36-38-40-42-44-46-48-50-52-57(68)63(73)65-55(54-74-64-62(72)61(71)60(70)58(53-66)75-64)59(69)56(67)51-49-47-45-43-41-39-37-20-18-16-14-12-10-8-6-4-2/h20,25-26,37,43,45,55-62,64,66-72H,3-19,21-24,27-36,38-42,44,46-54H2,1-2H3,(H,65,73)/b26-25-,37-20+,45-43+. The fourth-order valence-electron chi connectivity index (χ4n) is 10.2. The molecule has 11 heteroatoms. The highest BCUT2D eigenvalue weighted by Crippen LogP contribution is 2.23.